The van der Waals surface area contributed by atoms with E-state index in [0.29, 0.717) is 6.08 Å². The van der Waals surface area contributed by atoms with Crippen LogP contribution in [0.15, 0.2) is 9.47 Å². The van der Waals surface area contributed by atoms with E-state index in [9.17, 15) is 31.1 Å². The molecule has 0 heterocycles. The molecular formula is C8H4Br2F6O2. The monoisotopic (exact) mass is 404 g/mol. The van der Waals surface area contributed by atoms with E-state index in [1.54, 1.807) is 0 Å². The normalized spacial score (nSPS) is 26.7. The number of hydrogen-bond donors (Lipinski definition) is 1. The second-order valence-corrected chi connectivity index (χ2v) is 6.44. The van der Waals surface area contributed by atoms with Gasteiger partial charge < -0.3 is 5.11 Å². The summed E-state index contributed by atoms with van der Waals surface area (Å²) in [5.74, 6) is -6.89. The fourth-order valence-corrected chi connectivity index (χ4v) is 2.59. The Morgan fingerprint density at radius 2 is 1.50 bits per heavy atom. The van der Waals surface area contributed by atoms with Crippen molar-refractivity contribution in [1.82, 2.24) is 0 Å². The first-order valence-electron chi connectivity index (χ1n) is 4.26. The summed E-state index contributed by atoms with van der Waals surface area (Å²) in [6, 6.07) is 0. The number of aliphatic carboxylic acids is 1. The second kappa shape index (κ2) is 4.39. The van der Waals surface area contributed by atoms with E-state index in [0.717, 1.165) is 0 Å². The average Bonchev–Trinajstić information content (AvgIpc) is 2.70. The van der Waals surface area contributed by atoms with Gasteiger partial charge in [0.25, 0.3) is 0 Å². The average molecular weight is 406 g/mol. The minimum Gasteiger partial charge on any atom is -0.481 e. The first-order valence-corrected chi connectivity index (χ1v) is 5.85. The number of alkyl halides is 6. The highest BCUT2D eigenvalue weighted by atomic mass is 79.9. The molecule has 0 aromatic heterocycles. The summed E-state index contributed by atoms with van der Waals surface area (Å²) in [5.41, 5.74) is -4.22. The van der Waals surface area contributed by atoms with E-state index in [4.69, 9.17) is 5.11 Å². The summed E-state index contributed by atoms with van der Waals surface area (Å²) in [6.07, 6.45) is -10.8. The third-order valence-corrected chi connectivity index (χ3v) is 3.30. The zero-order valence-electron chi connectivity index (χ0n) is 8.11. The van der Waals surface area contributed by atoms with E-state index in [1.165, 1.54) is 0 Å². The molecule has 0 bridgehead atoms. The van der Waals surface area contributed by atoms with Crippen LogP contribution in [-0.2, 0) is 4.79 Å². The molecule has 10 heteroatoms. The van der Waals surface area contributed by atoms with Gasteiger partial charge in [-0.25, -0.2) is 0 Å². The maximum atomic E-state index is 12.7. The lowest BCUT2D eigenvalue weighted by atomic mass is 10.0. The molecule has 2 nitrogen and oxygen atoms in total. The number of rotatable bonds is 2. The predicted octanol–water partition coefficient (Wildman–Crippen LogP) is 4.06. The predicted molar refractivity (Wildman–Crippen MR) is 55.1 cm³/mol. The Bertz CT molecular complexity index is 381. The zero-order chi connectivity index (χ0) is 14.5. The minimum atomic E-state index is -5.69. The summed E-state index contributed by atoms with van der Waals surface area (Å²) in [6.45, 7) is 0. The number of carboxylic acid groups (broad SMARTS) is 1. The van der Waals surface area contributed by atoms with Crippen LogP contribution in [-0.4, -0.2) is 23.4 Å². The van der Waals surface area contributed by atoms with Crippen LogP contribution >= 0.6 is 31.9 Å². The van der Waals surface area contributed by atoms with Gasteiger partial charge in [-0.1, -0.05) is 6.08 Å². The molecule has 1 fully saturated rings. The molecular weight excluding hydrogens is 402 g/mol. The first-order chi connectivity index (χ1) is 7.87. The third-order valence-electron chi connectivity index (χ3n) is 2.78. The standard InChI is InChI=1S/C8H4Br2F6O2/c9-3(10)1-2-4(5(17)18)6(2,7(11,12)13)8(14,15)16/h1-2,4H,(H,17,18)/t2-,4+/m1/s1. The lowest BCUT2D eigenvalue weighted by molar-refractivity contribution is -0.308. The molecule has 0 amide bonds. The fraction of sp³-hybridized carbons (Fsp3) is 0.625. The summed E-state index contributed by atoms with van der Waals surface area (Å²) in [4.78, 5) is 10.6. The molecule has 1 aliphatic carbocycles. The molecule has 0 aromatic carbocycles. The topological polar surface area (TPSA) is 37.3 Å². The zero-order valence-corrected chi connectivity index (χ0v) is 11.3. The Kier molecular flexibility index (Phi) is 3.86. The Morgan fingerprint density at radius 1 is 1.11 bits per heavy atom. The van der Waals surface area contributed by atoms with Crippen LogP contribution in [0.4, 0.5) is 26.3 Å². The van der Waals surface area contributed by atoms with Gasteiger partial charge in [-0.05, 0) is 31.9 Å². The van der Waals surface area contributed by atoms with E-state index < -0.39 is 35.6 Å². The maximum absolute atomic E-state index is 12.7. The van der Waals surface area contributed by atoms with Crippen LogP contribution in [0.1, 0.15) is 0 Å². The third kappa shape index (κ3) is 2.17. The first kappa shape index (κ1) is 15.8. The maximum Gasteiger partial charge on any atom is 0.404 e. The highest BCUT2D eigenvalue weighted by Crippen LogP contribution is 2.74. The number of carbonyl (C=O) groups is 1. The van der Waals surface area contributed by atoms with Crippen molar-refractivity contribution in [2.45, 2.75) is 12.4 Å². The summed E-state index contributed by atoms with van der Waals surface area (Å²) in [7, 11) is 0. The van der Waals surface area contributed by atoms with E-state index in [1.807, 2.05) is 0 Å². The van der Waals surface area contributed by atoms with Crippen molar-refractivity contribution in [3.63, 3.8) is 0 Å². The molecule has 0 aliphatic heterocycles. The molecule has 0 spiro atoms. The van der Waals surface area contributed by atoms with Crippen molar-refractivity contribution < 1.29 is 36.2 Å². The van der Waals surface area contributed by atoms with Gasteiger partial charge in [-0.2, -0.15) is 26.3 Å². The molecule has 0 radical (unpaired) electrons. The van der Waals surface area contributed by atoms with Crippen molar-refractivity contribution in [2.75, 3.05) is 0 Å². The van der Waals surface area contributed by atoms with Gasteiger partial charge in [-0.15, -0.1) is 0 Å². The summed E-state index contributed by atoms with van der Waals surface area (Å²) < 4.78 is 75.8. The van der Waals surface area contributed by atoms with Crippen LogP contribution in [0.25, 0.3) is 0 Å². The number of allylic oxidation sites excluding steroid dienone is 1. The highest BCUT2D eigenvalue weighted by Gasteiger charge is 2.91. The second-order valence-electron chi connectivity index (χ2n) is 3.66. The van der Waals surface area contributed by atoms with Crippen molar-refractivity contribution in [3.8, 4) is 0 Å². The van der Waals surface area contributed by atoms with Crippen molar-refractivity contribution in [3.05, 3.63) is 9.47 Å². The Hall–Kier alpha value is -0.250. The fourth-order valence-electron chi connectivity index (χ4n) is 2.02. The Labute approximate surface area is 113 Å². The van der Waals surface area contributed by atoms with Gasteiger partial charge in [0, 0.05) is 5.92 Å². The lowest BCUT2D eigenvalue weighted by Crippen LogP contribution is -2.42. The van der Waals surface area contributed by atoms with Gasteiger partial charge in [-0.3, -0.25) is 4.79 Å². The molecule has 1 N–H and O–H groups in total. The molecule has 0 saturated heterocycles. The van der Waals surface area contributed by atoms with Crippen molar-refractivity contribution >= 4 is 37.8 Å². The number of hydrogen-bond acceptors (Lipinski definition) is 1. The van der Waals surface area contributed by atoms with Gasteiger partial charge >= 0.3 is 18.3 Å². The van der Waals surface area contributed by atoms with Gasteiger partial charge in [0.2, 0.25) is 0 Å². The number of halogens is 8. The van der Waals surface area contributed by atoms with E-state index >= 15 is 0 Å². The molecule has 1 aliphatic rings. The van der Waals surface area contributed by atoms with Gasteiger partial charge in [0.1, 0.15) is 0 Å². The van der Waals surface area contributed by atoms with E-state index in [2.05, 4.69) is 31.9 Å². The summed E-state index contributed by atoms with van der Waals surface area (Å²) >= 11 is 5.25. The molecule has 1 saturated carbocycles. The SMILES string of the molecule is O=C(O)[C@@H]1[C@@H](C=C(Br)Br)C1(C(F)(F)F)C(F)(F)F. The quantitative estimate of drug-likeness (QED) is 0.703. The van der Waals surface area contributed by atoms with Crippen molar-refractivity contribution in [1.29, 1.82) is 0 Å². The largest absolute Gasteiger partial charge is 0.481 e. The molecule has 1 rings (SSSR count). The van der Waals surface area contributed by atoms with Crippen LogP contribution in [0.2, 0.25) is 0 Å². The lowest BCUT2D eigenvalue weighted by Gasteiger charge is -2.23. The summed E-state index contributed by atoms with van der Waals surface area (Å²) in [5, 5.41) is 8.54. The van der Waals surface area contributed by atoms with E-state index in [-0.39, 0.29) is 3.39 Å². The smallest absolute Gasteiger partial charge is 0.404 e. The van der Waals surface area contributed by atoms with Crippen LogP contribution in [0.5, 0.6) is 0 Å². The molecule has 2 atom stereocenters. The molecule has 104 valence electrons. The minimum absolute atomic E-state index is 0.165. The van der Waals surface area contributed by atoms with Crippen molar-refractivity contribution in [2.24, 2.45) is 17.3 Å². The van der Waals surface area contributed by atoms with Crippen LogP contribution in [0, 0.1) is 17.3 Å². The molecule has 0 aromatic rings. The highest BCUT2D eigenvalue weighted by molar-refractivity contribution is 9.28. The van der Waals surface area contributed by atoms with Crippen LogP contribution < -0.4 is 0 Å². The van der Waals surface area contributed by atoms with Gasteiger partial charge in [0.05, 0.1) is 9.31 Å². The molecule has 18 heavy (non-hydrogen) atoms. The molecule has 0 unspecified atom stereocenters. The van der Waals surface area contributed by atoms with Gasteiger partial charge in [0.15, 0.2) is 5.41 Å². The van der Waals surface area contributed by atoms with Crippen LogP contribution in [0.3, 0.4) is 0 Å². The Morgan fingerprint density at radius 3 is 1.67 bits per heavy atom. The Balaban J connectivity index is 3.37. The number of carboxylic acids is 1.